The maximum absolute atomic E-state index is 12.1. The van der Waals surface area contributed by atoms with Crippen LogP contribution in [-0.2, 0) is 4.79 Å². The highest BCUT2D eigenvalue weighted by Crippen LogP contribution is 2.20. The number of hydrogen-bond acceptors (Lipinski definition) is 3. The first-order valence-corrected chi connectivity index (χ1v) is 7.23. The van der Waals surface area contributed by atoms with Crippen molar-refractivity contribution >= 4 is 23.2 Å². The third-order valence-electron chi connectivity index (χ3n) is 2.93. The molecule has 1 aromatic carbocycles. The smallest absolute Gasteiger partial charge is 0.267 e. The second-order valence-corrected chi connectivity index (χ2v) is 5.66. The van der Waals surface area contributed by atoms with Crippen LogP contribution in [0.2, 0.25) is 5.02 Å². The molecule has 0 radical (unpaired) electrons. The molecule has 0 aromatic heterocycles. The number of amides is 1. The lowest BCUT2D eigenvalue weighted by molar-refractivity contribution is -0.112. The monoisotopic (exact) mass is 305 g/mol. The average molecular weight is 306 g/mol. The number of nitriles is 1. The normalized spacial score (nSPS) is 11.1. The molecular weight excluding hydrogens is 286 g/mol. The van der Waals surface area contributed by atoms with Crippen molar-refractivity contribution in [1.82, 2.24) is 5.32 Å². The highest BCUT2D eigenvalue weighted by molar-refractivity contribution is 6.31. The maximum Gasteiger partial charge on any atom is 0.267 e. The van der Waals surface area contributed by atoms with E-state index in [1.165, 1.54) is 6.20 Å². The fraction of sp³-hybridized carbons (Fsp3) is 0.375. The van der Waals surface area contributed by atoms with Gasteiger partial charge >= 0.3 is 0 Å². The van der Waals surface area contributed by atoms with Gasteiger partial charge in [0, 0.05) is 23.5 Å². The number of anilines is 1. The van der Waals surface area contributed by atoms with Crippen molar-refractivity contribution in [3.05, 3.63) is 40.6 Å². The summed E-state index contributed by atoms with van der Waals surface area (Å²) in [7, 11) is 0. The van der Waals surface area contributed by atoms with E-state index in [2.05, 4.69) is 24.5 Å². The predicted molar refractivity (Wildman–Crippen MR) is 86.0 cm³/mol. The predicted octanol–water partition coefficient (Wildman–Crippen LogP) is 3.63. The maximum atomic E-state index is 12.1. The summed E-state index contributed by atoms with van der Waals surface area (Å²) < 4.78 is 0. The zero-order valence-corrected chi connectivity index (χ0v) is 13.3. The molecule has 1 aromatic rings. The SMILES string of the molecule is Cc1ccc(Cl)cc1NC(=O)/C(C#N)=C\NCCC(C)C. The van der Waals surface area contributed by atoms with Crippen LogP contribution in [0.15, 0.2) is 30.0 Å². The van der Waals surface area contributed by atoms with Crippen LogP contribution >= 0.6 is 11.6 Å². The van der Waals surface area contributed by atoms with Crippen LogP contribution in [0.4, 0.5) is 5.69 Å². The van der Waals surface area contributed by atoms with E-state index < -0.39 is 5.91 Å². The van der Waals surface area contributed by atoms with Crippen molar-refractivity contribution in [2.75, 3.05) is 11.9 Å². The number of nitrogens with one attached hydrogen (secondary N) is 2. The van der Waals surface area contributed by atoms with Gasteiger partial charge in [-0.05, 0) is 37.0 Å². The molecular formula is C16H20ClN3O. The molecule has 0 bridgehead atoms. The lowest BCUT2D eigenvalue weighted by Gasteiger charge is -2.09. The van der Waals surface area contributed by atoms with E-state index in [0.717, 1.165) is 18.5 Å². The zero-order valence-electron chi connectivity index (χ0n) is 12.5. The molecule has 0 heterocycles. The molecule has 5 heteroatoms. The zero-order chi connectivity index (χ0) is 15.8. The van der Waals surface area contributed by atoms with Crippen LogP contribution in [-0.4, -0.2) is 12.5 Å². The van der Waals surface area contributed by atoms with Gasteiger partial charge in [0.2, 0.25) is 0 Å². The number of nitrogens with zero attached hydrogens (tertiary/aromatic N) is 1. The fourth-order valence-corrected chi connectivity index (χ4v) is 1.79. The third kappa shape index (κ3) is 5.88. The van der Waals surface area contributed by atoms with Crippen LogP contribution in [0, 0.1) is 24.2 Å². The van der Waals surface area contributed by atoms with E-state index in [0.29, 0.717) is 16.6 Å². The highest BCUT2D eigenvalue weighted by Gasteiger charge is 2.10. The number of rotatable bonds is 6. The van der Waals surface area contributed by atoms with Crippen molar-refractivity contribution in [3.63, 3.8) is 0 Å². The topological polar surface area (TPSA) is 64.9 Å². The first kappa shape index (κ1) is 17.1. The standard InChI is InChI=1S/C16H20ClN3O/c1-11(2)6-7-19-10-13(9-18)16(21)20-15-8-14(17)5-4-12(15)3/h4-5,8,10-11,19H,6-7H2,1-3H3,(H,20,21)/b13-10-. The summed E-state index contributed by atoms with van der Waals surface area (Å²) in [6.07, 6.45) is 2.43. The van der Waals surface area contributed by atoms with Gasteiger partial charge < -0.3 is 10.6 Å². The Bertz CT molecular complexity index is 573. The molecule has 0 atom stereocenters. The molecule has 0 saturated carbocycles. The van der Waals surface area contributed by atoms with Gasteiger partial charge in [0.1, 0.15) is 11.6 Å². The molecule has 1 rings (SSSR count). The summed E-state index contributed by atoms with van der Waals surface area (Å²) >= 11 is 5.90. The molecule has 0 aliphatic heterocycles. The quantitative estimate of drug-likeness (QED) is 0.479. The first-order valence-electron chi connectivity index (χ1n) is 6.85. The Labute approximate surface area is 130 Å². The summed E-state index contributed by atoms with van der Waals surface area (Å²) in [5, 5.41) is 15.3. The second-order valence-electron chi connectivity index (χ2n) is 5.22. The largest absolute Gasteiger partial charge is 0.390 e. The van der Waals surface area contributed by atoms with E-state index in [9.17, 15) is 4.79 Å². The summed E-state index contributed by atoms with van der Waals surface area (Å²) in [6, 6.07) is 7.13. The van der Waals surface area contributed by atoms with Gasteiger partial charge in [0.15, 0.2) is 0 Å². The number of carbonyl (C=O) groups is 1. The number of halogens is 1. The Morgan fingerprint density at radius 1 is 1.48 bits per heavy atom. The van der Waals surface area contributed by atoms with E-state index in [1.807, 2.05) is 19.1 Å². The lowest BCUT2D eigenvalue weighted by atomic mass is 10.1. The van der Waals surface area contributed by atoms with Crippen LogP contribution in [0.1, 0.15) is 25.8 Å². The van der Waals surface area contributed by atoms with Crippen LogP contribution in [0.3, 0.4) is 0 Å². The van der Waals surface area contributed by atoms with Gasteiger partial charge in [-0.25, -0.2) is 0 Å². The third-order valence-corrected chi connectivity index (χ3v) is 3.16. The van der Waals surface area contributed by atoms with Gasteiger partial charge in [-0.2, -0.15) is 5.26 Å². The Morgan fingerprint density at radius 3 is 2.81 bits per heavy atom. The summed E-state index contributed by atoms with van der Waals surface area (Å²) in [4.78, 5) is 12.1. The van der Waals surface area contributed by atoms with Gasteiger partial charge in [-0.3, -0.25) is 4.79 Å². The van der Waals surface area contributed by atoms with Gasteiger partial charge in [0.05, 0.1) is 0 Å². The average Bonchev–Trinajstić information content (AvgIpc) is 2.42. The van der Waals surface area contributed by atoms with Gasteiger partial charge in [0.25, 0.3) is 5.91 Å². The van der Waals surface area contributed by atoms with E-state index in [4.69, 9.17) is 16.9 Å². The molecule has 0 fully saturated rings. The number of hydrogen-bond donors (Lipinski definition) is 2. The minimum absolute atomic E-state index is 0.0399. The molecule has 0 saturated heterocycles. The van der Waals surface area contributed by atoms with E-state index in [1.54, 1.807) is 12.1 Å². The van der Waals surface area contributed by atoms with Crippen LogP contribution in [0.25, 0.3) is 0 Å². The Hall–Kier alpha value is -1.99. The molecule has 112 valence electrons. The molecule has 21 heavy (non-hydrogen) atoms. The van der Waals surface area contributed by atoms with Crippen molar-refractivity contribution in [2.45, 2.75) is 27.2 Å². The Morgan fingerprint density at radius 2 is 2.19 bits per heavy atom. The minimum Gasteiger partial charge on any atom is -0.390 e. The highest BCUT2D eigenvalue weighted by atomic mass is 35.5. The molecule has 0 aliphatic rings. The summed E-state index contributed by atoms with van der Waals surface area (Å²) in [5.74, 6) is 0.124. The molecule has 0 aliphatic carbocycles. The molecule has 1 amide bonds. The summed E-state index contributed by atoms with van der Waals surface area (Å²) in [6.45, 7) is 6.82. The van der Waals surface area contributed by atoms with Crippen LogP contribution < -0.4 is 10.6 Å². The number of aryl methyl sites for hydroxylation is 1. The van der Waals surface area contributed by atoms with Crippen molar-refractivity contribution in [3.8, 4) is 6.07 Å². The fourth-order valence-electron chi connectivity index (χ4n) is 1.61. The molecule has 4 nitrogen and oxygen atoms in total. The molecule has 2 N–H and O–H groups in total. The first-order chi connectivity index (χ1) is 9.93. The minimum atomic E-state index is -0.445. The number of benzene rings is 1. The Balaban J connectivity index is 2.69. The van der Waals surface area contributed by atoms with Crippen LogP contribution in [0.5, 0.6) is 0 Å². The second kappa shape index (κ2) is 8.33. The van der Waals surface area contributed by atoms with Crippen molar-refractivity contribution in [2.24, 2.45) is 5.92 Å². The lowest BCUT2D eigenvalue weighted by Crippen LogP contribution is -2.18. The number of carbonyl (C=O) groups excluding carboxylic acids is 1. The van der Waals surface area contributed by atoms with E-state index in [-0.39, 0.29) is 5.57 Å². The molecule has 0 unspecified atom stereocenters. The van der Waals surface area contributed by atoms with Crippen molar-refractivity contribution < 1.29 is 4.79 Å². The Kier molecular flexibility index (Phi) is 6.77. The molecule has 0 spiro atoms. The van der Waals surface area contributed by atoms with Crippen molar-refractivity contribution in [1.29, 1.82) is 5.26 Å². The summed E-state index contributed by atoms with van der Waals surface area (Å²) in [5.41, 5.74) is 1.53. The van der Waals surface area contributed by atoms with E-state index >= 15 is 0 Å². The van der Waals surface area contributed by atoms with Gasteiger partial charge in [-0.1, -0.05) is 31.5 Å². The van der Waals surface area contributed by atoms with Gasteiger partial charge in [-0.15, -0.1) is 0 Å².